The molecule has 5 heterocycles. The molecule has 350 valence electrons. The van der Waals surface area contributed by atoms with E-state index in [2.05, 4.69) is 28.6 Å². The van der Waals surface area contributed by atoms with Gasteiger partial charge in [-0.1, -0.05) is 60.2 Å². The first-order chi connectivity index (χ1) is 31.4. The number of hydrogen-bond donors (Lipinski definition) is 2. The Hall–Kier alpha value is -5.35. The second-order valence-corrected chi connectivity index (χ2v) is 22.4. The number of piperazine rings is 1. The number of benzene rings is 2. The molecule has 1 saturated carbocycles. The fraction of sp³-hybridized carbons (Fsp3) is 0.490. The standard InChI is InChI=1S/C51H64N8O6S/c1-33-13-11-12-23-50(33,7)66(62,63)59-26-22-40-42(28-53-46(60)44(40)59)37-16-19-43-41(27-37)45(51(32-52,64-39-17-18-39)38-14-9-8-10-15-38)55-47(54-43)56-24-20-36(21-25-56)31-57-29-35(3)58(30-34(57)2)48(61)65-49(4,5)6/h8-16,19,22,26-28,34-36,39H,17-18,20-21,23-25,29-32,52H2,1-7H3,(H,53,60)/t34-,35+,50?,51?/m0/s1. The molecule has 2 saturated heterocycles. The summed E-state index contributed by atoms with van der Waals surface area (Å²) in [6.45, 7) is 17.6. The van der Waals surface area contributed by atoms with Gasteiger partial charge in [0.1, 0.15) is 21.5 Å². The number of anilines is 1. The zero-order valence-corrected chi connectivity index (χ0v) is 40.1. The summed E-state index contributed by atoms with van der Waals surface area (Å²) < 4.78 is 41.5. The van der Waals surface area contributed by atoms with Gasteiger partial charge in [0.05, 0.1) is 17.3 Å². The number of nitrogens with one attached hydrogen (secondary N) is 1. The normalized spacial score (nSPS) is 23.3. The van der Waals surface area contributed by atoms with Gasteiger partial charge in [-0.05, 0) is 116 Å². The first-order valence-electron chi connectivity index (χ1n) is 23.5. The molecule has 9 rings (SSSR count). The predicted molar refractivity (Wildman–Crippen MR) is 260 cm³/mol. The fourth-order valence-corrected chi connectivity index (χ4v) is 11.9. The van der Waals surface area contributed by atoms with E-state index in [9.17, 15) is 18.0 Å². The van der Waals surface area contributed by atoms with Crippen LogP contribution in [0.2, 0.25) is 0 Å². The highest BCUT2D eigenvalue weighted by Gasteiger charge is 2.45. The molecule has 4 aliphatic rings. The lowest BCUT2D eigenvalue weighted by molar-refractivity contribution is -0.0259. The molecule has 0 radical (unpaired) electrons. The second kappa shape index (κ2) is 17.4. The highest BCUT2D eigenvalue weighted by Crippen LogP contribution is 2.44. The number of carbonyl (C=O) groups excluding carboxylic acids is 1. The van der Waals surface area contributed by atoms with Gasteiger partial charge in [0.25, 0.3) is 5.56 Å². The van der Waals surface area contributed by atoms with E-state index < -0.39 is 31.5 Å². The Morgan fingerprint density at radius 3 is 2.39 bits per heavy atom. The first kappa shape index (κ1) is 45.8. The summed E-state index contributed by atoms with van der Waals surface area (Å²) >= 11 is 0. The highest BCUT2D eigenvalue weighted by molar-refractivity contribution is 7.91. The van der Waals surface area contributed by atoms with Crippen molar-refractivity contribution in [2.75, 3.05) is 44.2 Å². The molecule has 3 fully saturated rings. The molecule has 2 aromatic carbocycles. The van der Waals surface area contributed by atoms with Crippen molar-refractivity contribution in [2.45, 2.75) is 115 Å². The van der Waals surface area contributed by atoms with Crippen molar-refractivity contribution >= 4 is 43.9 Å². The Kier molecular flexibility index (Phi) is 12.1. The lowest BCUT2D eigenvalue weighted by atomic mass is 9.86. The molecular formula is C51H64N8O6S. The average molecular weight is 917 g/mol. The lowest BCUT2D eigenvalue weighted by Gasteiger charge is -2.46. The van der Waals surface area contributed by atoms with Crippen molar-refractivity contribution < 1.29 is 22.7 Å². The van der Waals surface area contributed by atoms with Crippen LogP contribution in [0.15, 0.2) is 95.6 Å². The number of pyridine rings is 1. The summed E-state index contributed by atoms with van der Waals surface area (Å²) in [6.07, 6.45) is 12.5. The van der Waals surface area contributed by atoms with Crippen LogP contribution in [0.3, 0.4) is 0 Å². The number of allylic oxidation sites excluding steroid dienone is 3. The fourth-order valence-electron chi connectivity index (χ4n) is 10.1. The van der Waals surface area contributed by atoms with Crippen molar-refractivity contribution in [2.24, 2.45) is 11.7 Å². The maximum absolute atomic E-state index is 14.4. The van der Waals surface area contributed by atoms with E-state index >= 15 is 0 Å². The van der Waals surface area contributed by atoms with E-state index in [0.29, 0.717) is 47.0 Å². The molecule has 2 aliphatic carbocycles. The van der Waals surface area contributed by atoms with Gasteiger partial charge in [0, 0.05) is 80.1 Å². The van der Waals surface area contributed by atoms with Crippen LogP contribution in [-0.4, -0.2) is 111 Å². The number of H-pyrrole nitrogens is 1. The molecule has 4 atom stereocenters. The van der Waals surface area contributed by atoms with Crippen LogP contribution in [-0.2, 0) is 25.1 Å². The maximum atomic E-state index is 14.4. The predicted octanol–water partition coefficient (Wildman–Crippen LogP) is 7.71. The summed E-state index contributed by atoms with van der Waals surface area (Å²) in [4.78, 5) is 46.8. The van der Waals surface area contributed by atoms with Gasteiger partial charge in [0.15, 0.2) is 0 Å². The molecule has 0 bridgehead atoms. The molecule has 66 heavy (non-hydrogen) atoms. The van der Waals surface area contributed by atoms with Crippen LogP contribution in [0.4, 0.5) is 10.7 Å². The van der Waals surface area contributed by atoms with E-state index in [4.69, 9.17) is 25.2 Å². The monoisotopic (exact) mass is 916 g/mol. The minimum absolute atomic E-state index is 0.0257. The Labute approximate surface area is 387 Å². The largest absolute Gasteiger partial charge is 0.444 e. The molecule has 14 nitrogen and oxygen atoms in total. The maximum Gasteiger partial charge on any atom is 0.410 e. The third-order valence-corrected chi connectivity index (χ3v) is 16.7. The number of ether oxygens (including phenoxy) is 2. The number of amides is 1. The number of rotatable bonds is 11. The van der Waals surface area contributed by atoms with Crippen LogP contribution in [0.1, 0.15) is 91.8 Å². The van der Waals surface area contributed by atoms with Crippen molar-refractivity contribution in [1.29, 1.82) is 0 Å². The third kappa shape index (κ3) is 8.37. The number of nitrogens with two attached hydrogens (primary N) is 1. The molecule has 15 heteroatoms. The SMILES string of the molecule is CC1=CC=CCC1(C)S(=O)(=O)n1ccc2c(-c3ccc4nc(N5CCC(CN6C[C@@H](C)N(C(=O)OC(C)(C)C)C[C@@H]6C)CC5)nc(C(CN)(OC5CC5)c5ccccc5)c4c3)c[nH]c(=O)c21. The number of piperidine rings is 1. The topological polar surface area (TPSA) is 169 Å². The average Bonchev–Trinajstić information content (AvgIpc) is 3.99. The molecular weight excluding hydrogens is 853 g/mol. The summed E-state index contributed by atoms with van der Waals surface area (Å²) in [5, 5.41) is 1.26. The quantitative estimate of drug-likeness (QED) is 0.133. The number of carbonyl (C=O) groups is 1. The number of hydrogen-bond acceptors (Lipinski definition) is 11. The number of aromatic nitrogens is 4. The Bertz CT molecular complexity index is 2880. The molecule has 2 unspecified atom stereocenters. The lowest BCUT2D eigenvalue weighted by Crippen LogP contribution is -2.59. The van der Waals surface area contributed by atoms with Gasteiger partial charge in [-0.15, -0.1) is 0 Å². The van der Waals surface area contributed by atoms with E-state index in [1.165, 1.54) is 6.20 Å². The van der Waals surface area contributed by atoms with Crippen LogP contribution in [0.25, 0.3) is 32.9 Å². The number of nitrogens with zero attached hydrogens (tertiary/aromatic N) is 6. The zero-order chi connectivity index (χ0) is 46.8. The molecule has 5 aromatic rings. The van der Waals surface area contributed by atoms with Crippen molar-refractivity contribution in [3.63, 3.8) is 0 Å². The Morgan fingerprint density at radius 2 is 1.71 bits per heavy atom. The van der Waals surface area contributed by atoms with Gasteiger partial charge in [-0.2, -0.15) is 0 Å². The minimum Gasteiger partial charge on any atom is -0.444 e. The summed E-state index contributed by atoms with van der Waals surface area (Å²) in [6, 6.07) is 18.0. The molecule has 3 N–H and O–H groups in total. The van der Waals surface area contributed by atoms with Crippen LogP contribution in [0, 0.1) is 5.92 Å². The van der Waals surface area contributed by atoms with E-state index in [0.717, 1.165) is 77.9 Å². The van der Waals surface area contributed by atoms with E-state index in [-0.39, 0.29) is 36.3 Å². The Balaban J connectivity index is 1.06. The summed E-state index contributed by atoms with van der Waals surface area (Å²) in [5.74, 6) is 1.09. The number of fused-ring (bicyclic) bond motifs is 2. The first-order valence-corrected chi connectivity index (χ1v) is 24.9. The molecule has 3 aromatic heterocycles. The van der Waals surface area contributed by atoms with Crippen LogP contribution >= 0.6 is 0 Å². The third-order valence-electron chi connectivity index (χ3n) is 14.3. The van der Waals surface area contributed by atoms with Gasteiger partial charge >= 0.3 is 6.09 Å². The second-order valence-electron chi connectivity index (χ2n) is 20.2. The zero-order valence-electron chi connectivity index (χ0n) is 39.3. The summed E-state index contributed by atoms with van der Waals surface area (Å²) in [5.41, 5.74) is 9.21. The summed E-state index contributed by atoms with van der Waals surface area (Å²) in [7, 11) is -4.05. The van der Waals surface area contributed by atoms with E-state index in [1.807, 2.05) is 99.4 Å². The Morgan fingerprint density at radius 1 is 0.970 bits per heavy atom. The number of aromatic amines is 1. The van der Waals surface area contributed by atoms with Crippen LogP contribution < -0.4 is 16.2 Å². The van der Waals surface area contributed by atoms with Gasteiger partial charge in [0.2, 0.25) is 16.0 Å². The van der Waals surface area contributed by atoms with Gasteiger partial charge in [-0.25, -0.2) is 27.2 Å². The van der Waals surface area contributed by atoms with Crippen molar-refractivity contribution in [3.05, 3.63) is 112 Å². The smallest absolute Gasteiger partial charge is 0.410 e. The van der Waals surface area contributed by atoms with Crippen molar-refractivity contribution in [1.82, 2.24) is 28.7 Å². The van der Waals surface area contributed by atoms with Gasteiger partial charge in [-0.3, -0.25) is 9.69 Å². The minimum atomic E-state index is -4.05. The van der Waals surface area contributed by atoms with Crippen molar-refractivity contribution in [3.8, 4) is 11.1 Å². The molecule has 1 amide bonds. The highest BCUT2D eigenvalue weighted by atomic mass is 32.2. The van der Waals surface area contributed by atoms with E-state index in [1.54, 1.807) is 19.2 Å². The van der Waals surface area contributed by atoms with Gasteiger partial charge < -0.3 is 30.0 Å². The molecule has 2 aliphatic heterocycles. The molecule has 0 spiro atoms. The van der Waals surface area contributed by atoms with Crippen LogP contribution in [0.5, 0.6) is 0 Å².